The van der Waals surface area contributed by atoms with E-state index in [2.05, 4.69) is 22.9 Å². The van der Waals surface area contributed by atoms with Crippen molar-refractivity contribution in [2.24, 2.45) is 0 Å². The Bertz CT molecular complexity index is 931. The highest BCUT2D eigenvalue weighted by molar-refractivity contribution is 5.85. The van der Waals surface area contributed by atoms with Crippen molar-refractivity contribution in [3.8, 4) is 11.1 Å². The number of unbranched alkanes of at least 4 members (excludes halogenated alkanes) is 1. The van der Waals surface area contributed by atoms with E-state index < -0.39 is 30.1 Å². The molecular weight excluding hydrogens is 412 g/mol. The number of amides is 2. The topological polar surface area (TPSA) is 114 Å². The van der Waals surface area contributed by atoms with E-state index in [4.69, 9.17) is 14.7 Å². The summed E-state index contributed by atoms with van der Waals surface area (Å²) in [7, 11) is 0. The molecule has 1 unspecified atom stereocenters. The molecule has 170 valence electrons. The smallest absolute Gasteiger partial charge is 0.407 e. The lowest BCUT2D eigenvalue weighted by Gasteiger charge is -2.20. The molecule has 0 fully saturated rings. The Morgan fingerprint density at radius 2 is 1.62 bits per heavy atom. The van der Waals surface area contributed by atoms with Crippen molar-refractivity contribution in [2.45, 2.75) is 51.2 Å². The maximum absolute atomic E-state index is 12.5. The number of rotatable bonds is 10. The summed E-state index contributed by atoms with van der Waals surface area (Å²) in [6, 6.07) is 15.1. The summed E-state index contributed by atoms with van der Waals surface area (Å²) < 4.78 is 5.50. The number of carboxylic acids is 1. The second kappa shape index (κ2) is 10.8. The molecule has 1 aliphatic rings. The minimum atomic E-state index is -1.21. The highest BCUT2D eigenvalue weighted by Gasteiger charge is 2.30. The van der Waals surface area contributed by atoms with Gasteiger partial charge in [-0.2, -0.15) is 0 Å². The predicted octanol–water partition coefficient (Wildman–Crippen LogP) is 3.60. The molecule has 0 saturated heterocycles. The van der Waals surface area contributed by atoms with Crippen LogP contribution in [0.5, 0.6) is 0 Å². The fraction of sp³-hybridized carbons (Fsp3) is 0.375. The van der Waals surface area contributed by atoms with Crippen molar-refractivity contribution in [1.29, 1.82) is 0 Å². The second-order valence-electron chi connectivity index (χ2n) is 7.73. The van der Waals surface area contributed by atoms with Crippen LogP contribution in [0.4, 0.5) is 4.79 Å². The third-order valence-electron chi connectivity index (χ3n) is 5.48. The normalized spacial score (nSPS) is 14.1. The predicted molar refractivity (Wildman–Crippen MR) is 118 cm³/mol. The van der Waals surface area contributed by atoms with E-state index in [9.17, 15) is 14.4 Å². The minimum absolute atomic E-state index is 0.0872. The van der Waals surface area contributed by atoms with E-state index in [0.717, 1.165) is 28.7 Å². The molecule has 2 atom stereocenters. The van der Waals surface area contributed by atoms with Gasteiger partial charge in [-0.15, -0.1) is 0 Å². The first-order valence-corrected chi connectivity index (χ1v) is 10.7. The largest absolute Gasteiger partial charge is 0.479 e. The summed E-state index contributed by atoms with van der Waals surface area (Å²) in [4.78, 5) is 40.6. The van der Waals surface area contributed by atoms with Crippen LogP contribution in [0.2, 0.25) is 0 Å². The van der Waals surface area contributed by atoms with Crippen LogP contribution in [0, 0.1) is 0 Å². The summed E-state index contributed by atoms with van der Waals surface area (Å²) in [5.41, 5.74) is 6.56. The maximum Gasteiger partial charge on any atom is 0.407 e. The van der Waals surface area contributed by atoms with Crippen molar-refractivity contribution >= 4 is 18.0 Å². The Balaban J connectivity index is 1.61. The van der Waals surface area contributed by atoms with Crippen LogP contribution in [0.1, 0.15) is 50.2 Å². The summed E-state index contributed by atoms with van der Waals surface area (Å²) in [6.45, 7) is 3.39. The van der Waals surface area contributed by atoms with E-state index in [0.29, 0.717) is 12.8 Å². The van der Waals surface area contributed by atoms with Crippen molar-refractivity contribution in [3.63, 3.8) is 0 Å². The Kier molecular flexibility index (Phi) is 7.83. The van der Waals surface area contributed by atoms with E-state index in [1.807, 2.05) is 43.3 Å². The lowest BCUT2D eigenvalue weighted by Crippen LogP contribution is -2.48. The summed E-state index contributed by atoms with van der Waals surface area (Å²) in [6.07, 6.45) is -0.0366. The minimum Gasteiger partial charge on any atom is -0.479 e. The first kappa shape index (κ1) is 23.3. The molecule has 0 bridgehead atoms. The van der Waals surface area contributed by atoms with Crippen LogP contribution < -0.4 is 10.8 Å². The number of benzene rings is 2. The van der Waals surface area contributed by atoms with E-state index in [1.165, 1.54) is 6.92 Å². The maximum atomic E-state index is 12.5. The highest BCUT2D eigenvalue weighted by Crippen LogP contribution is 2.44. The average molecular weight is 440 g/mol. The lowest BCUT2D eigenvalue weighted by atomic mass is 9.98. The molecule has 0 saturated carbocycles. The zero-order valence-electron chi connectivity index (χ0n) is 18.2. The number of hydroxylamine groups is 1. The number of carboxylic acid groups (broad SMARTS) is 1. The van der Waals surface area contributed by atoms with Gasteiger partial charge in [0.15, 0.2) is 6.10 Å². The van der Waals surface area contributed by atoms with Gasteiger partial charge in [0.1, 0.15) is 12.6 Å². The number of hydrogen-bond acceptors (Lipinski definition) is 5. The molecule has 1 aliphatic carbocycles. The van der Waals surface area contributed by atoms with E-state index in [1.54, 1.807) is 0 Å². The monoisotopic (exact) mass is 440 g/mol. The van der Waals surface area contributed by atoms with Crippen molar-refractivity contribution in [3.05, 3.63) is 59.7 Å². The van der Waals surface area contributed by atoms with E-state index >= 15 is 0 Å². The Morgan fingerprint density at radius 3 is 2.19 bits per heavy atom. The quantitative estimate of drug-likeness (QED) is 0.487. The number of carbonyl (C=O) groups excluding carboxylic acids is 2. The van der Waals surface area contributed by atoms with Crippen LogP contribution in [0.25, 0.3) is 11.1 Å². The van der Waals surface area contributed by atoms with Gasteiger partial charge in [-0.05, 0) is 35.6 Å². The molecule has 2 aromatic rings. The Labute approximate surface area is 186 Å². The molecule has 0 aromatic heterocycles. The van der Waals surface area contributed by atoms with Gasteiger partial charge in [-0.25, -0.2) is 15.1 Å². The third kappa shape index (κ3) is 5.45. The summed E-state index contributed by atoms with van der Waals surface area (Å²) >= 11 is 0. The Morgan fingerprint density at radius 1 is 1.03 bits per heavy atom. The number of aliphatic carboxylic acids is 1. The zero-order valence-corrected chi connectivity index (χ0v) is 18.2. The summed E-state index contributed by atoms with van der Waals surface area (Å²) in [5, 5.41) is 11.4. The zero-order chi connectivity index (χ0) is 23.1. The highest BCUT2D eigenvalue weighted by atomic mass is 16.7. The van der Waals surface area contributed by atoms with Gasteiger partial charge in [-0.1, -0.05) is 68.3 Å². The van der Waals surface area contributed by atoms with Gasteiger partial charge in [0.05, 0.1) is 0 Å². The van der Waals surface area contributed by atoms with Gasteiger partial charge >= 0.3 is 12.1 Å². The fourth-order valence-electron chi connectivity index (χ4n) is 3.73. The Hall–Kier alpha value is -3.39. The first-order valence-electron chi connectivity index (χ1n) is 10.7. The molecule has 2 aromatic carbocycles. The molecule has 3 N–H and O–H groups in total. The van der Waals surface area contributed by atoms with Crippen LogP contribution in [0.3, 0.4) is 0 Å². The molecule has 32 heavy (non-hydrogen) atoms. The van der Waals surface area contributed by atoms with Crippen LogP contribution in [0.15, 0.2) is 48.5 Å². The van der Waals surface area contributed by atoms with Crippen molar-refractivity contribution < 1.29 is 29.1 Å². The van der Waals surface area contributed by atoms with Gasteiger partial charge < -0.3 is 15.2 Å². The number of alkyl carbamates (subject to hydrolysis) is 1. The lowest BCUT2D eigenvalue weighted by molar-refractivity contribution is -0.159. The fourth-order valence-corrected chi connectivity index (χ4v) is 3.73. The molecule has 0 aliphatic heterocycles. The number of fused-ring (bicyclic) bond motifs is 3. The molecule has 8 heteroatoms. The van der Waals surface area contributed by atoms with Crippen LogP contribution in [-0.2, 0) is 19.2 Å². The molecule has 3 rings (SSSR count). The van der Waals surface area contributed by atoms with Gasteiger partial charge in [-0.3, -0.25) is 9.63 Å². The van der Waals surface area contributed by atoms with Gasteiger partial charge in [0.2, 0.25) is 0 Å². The number of nitrogens with one attached hydrogen (secondary N) is 2. The molecule has 0 spiro atoms. The molecule has 8 nitrogen and oxygen atoms in total. The van der Waals surface area contributed by atoms with Crippen LogP contribution >= 0.6 is 0 Å². The van der Waals surface area contributed by atoms with Crippen LogP contribution in [-0.4, -0.2) is 41.8 Å². The first-order chi connectivity index (χ1) is 15.4. The average Bonchev–Trinajstić information content (AvgIpc) is 3.12. The summed E-state index contributed by atoms with van der Waals surface area (Å²) in [5.74, 6) is -1.92. The standard InChI is InChI=1S/C24H28N2O6/c1-3-4-13-21(22(27)26-32-15(2)23(28)29)25-24(30)31-14-20-18-11-7-5-9-16(18)17-10-6-8-12-19(17)20/h5-12,15,20-21H,3-4,13-14H2,1-2H3,(H,25,30)(H,26,27)(H,28,29)/t15?,21-/m0/s1. The van der Waals surface area contributed by atoms with E-state index in [-0.39, 0.29) is 12.5 Å². The van der Waals surface area contributed by atoms with Gasteiger partial charge in [0.25, 0.3) is 5.91 Å². The molecular formula is C24H28N2O6. The van der Waals surface area contributed by atoms with Crippen molar-refractivity contribution in [1.82, 2.24) is 10.8 Å². The molecule has 2 amide bonds. The van der Waals surface area contributed by atoms with Crippen molar-refractivity contribution in [2.75, 3.05) is 6.61 Å². The number of hydrogen-bond donors (Lipinski definition) is 3. The molecule has 0 heterocycles. The number of ether oxygens (including phenoxy) is 1. The second-order valence-corrected chi connectivity index (χ2v) is 7.73. The SMILES string of the molecule is CCCC[C@H](NC(=O)OCC1c2ccccc2-c2ccccc21)C(=O)NOC(C)C(=O)O. The third-order valence-corrected chi connectivity index (χ3v) is 5.48. The molecule has 0 radical (unpaired) electrons. The van der Waals surface area contributed by atoms with Gasteiger partial charge in [0, 0.05) is 5.92 Å². The number of carbonyl (C=O) groups is 3.